The molecule has 1 amide bonds. The van der Waals surface area contributed by atoms with E-state index in [1.54, 1.807) is 6.20 Å². The lowest BCUT2D eigenvalue weighted by Gasteiger charge is -2.37. The first-order chi connectivity index (χ1) is 15.0. The number of hydrogen-bond acceptors (Lipinski definition) is 5. The number of carbonyl (C=O) groups is 1. The van der Waals surface area contributed by atoms with Crippen molar-refractivity contribution >= 4 is 11.7 Å². The molecule has 1 saturated carbocycles. The Kier molecular flexibility index (Phi) is 6.86. The highest BCUT2D eigenvalue weighted by Crippen LogP contribution is 2.29. The van der Waals surface area contributed by atoms with Crippen molar-refractivity contribution in [3.8, 4) is 11.4 Å². The van der Waals surface area contributed by atoms with Crippen LogP contribution in [0.1, 0.15) is 55.3 Å². The average molecular weight is 422 g/mol. The van der Waals surface area contributed by atoms with Crippen LogP contribution in [0.5, 0.6) is 0 Å². The van der Waals surface area contributed by atoms with Crippen LogP contribution in [0.15, 0.2) is 36.5 Å². The number of hydrogen-bond donors (Lipinski definition) is 0. The summed E-state index contributed by atoms with van der Waals surface area (Å²) in [4.78, 5) is 29.6. The maximum Gasteiger partial charge on any atom is 0.259 e. The summed E-state index contributed by atoms with van der Waals surface area (Å²) < 4.78 is 0. The Bertz CT molecular complexity index is 873. The van der Waals surface area contributed by atoms with Gasteiger partial charge in [0.05, 0.1) is 0 Å². The summed E-state index contributed by atoms with van der Waals surface area (Å²) in [6.45, 7) is 2.13. The van der Waals surface area contributed by atoms with Crippen LogP contribution in [0.3, 0.4) is 0 Å². The maximum atomic E-state index is 13.6. The Hall–Kier alpha value is -2.47. The molecule has 0 radical (unpaired) electrons. The molecule has 0 atom stereocenters. The summed E-state index contributed by atoms with van der Waals surface area (Å²) in [6, 6.07) is 10.7. The van der Waals surface area contributed by atoms with Crippen LogP contribution in [-0.4, -0.2) is 72.0 Å². The number of aromatic nitrogens is 2. The molecule has 1 aliphatic carbocycles. The molecule has 2 fully saturated rings. The molecule has 2 aromatic rings. The monoisotopic (exact) mass is 421 g/mol. The van der Waals surface area contributed by atoms with Gasteiger partial charge < -0.3 is 14.7 Å². The normalized spacial score (nSPS) is 18.7. The van der Waals surface area contributed by atoms with Crippen LogP contribution < -0.4 is 4.90 Å². The van der Waals surface area contributed by atoms with E-state index in [1.165, 1.54) is 19.3 Å². The van der Waals surface area contributed by atoms with Gasteiger partial charge >= 0.3 is 0 Å². The third-order valence-electron chi connectivity index (χ3n) is 7.04. The summed E-state index contributed by atoms with van der Waals surface area (Å²) in [5.41, 5.74) is 1.59. The molecule has 2 heterocycles. The Balaban J connectivity index is 1.67. The predicted octanol–water partition coefficient (Wildman–Crippen LogP) is 4.08. The third kappa shape index (κ3) is 4.90. The van der Waals surface area contributed by atoms with Crippen LogP contribution in [0.4, 0.5) is 5.82 Å². The molecule has 0 spiro atoms. The zero-order chi connectivity index (χ0) is 21.8. The molecule has 1 aromatic heterocycles. The van der Waals surface area contributed by atoms with Crippen molar-refractivity contribution in [2.45, 2.75) is 57.0 Å². The van der Waals surface area contributed by atoms with E-state index in [4.69, 9.17) is 4.98 Å². The summed E-state index contributed by atoms with van der Waals surface area (Å²) in [7, 11) is 6.20. The van der Waals surface area contributed by atoms with Gasteiger partial charge in [-0.15, -0.1) is 0 Å². The second-order valence-electron chi connectivity index (χ2n) is 9.15. The minimum atomic E-state index is 0.0429. The molecule has 0 N–H and O–H groups in total. The van der Waals surface area contributed by atoms with Crippen molar-refractivity contribution < 1.29 is 4.79 Å². The van der Waals surface area contributed by atoms with Crippen molar-refractivity contribution in [2.75, 3.05) is 39.1 Å². The molecule has 1 saturated heterocycles. The van der Waals surface area contributed by atoms with E-state index >= 15 is 0 Å². The minimum absolute atomic E-state index is 0.0429. The van der Waals surface area contributed by atoms with Crippen LogP contribution in [0, 0.1) is 0 Å². The molecule has 4 rings (SSSR count). The van der Waals surface area contributed by atoms with Gasteiger partial charge in [-0.2, -0.15) is 0 Å². The van der Waals surface area contributed by atoms with E-state index in [-0.39, 0.29) is 5.91 Å². The quantitative estimate of drug-likeness (QED) is 0.728. The fourth-order valence-corrected chi connectivity index (χ4v) is 4.90. The van der Waals surface area contributed by atoms with Crippen LogP contribution >= 0.6 is 0 Å². The zero-order valence-electron chi connectivity index (χ0n) is 19.1. The fraction of sp³-hybridized carbons (Fsp3) is 0.560. The summed E-state index contributed by atoms with van der Waals surface area (Å²) >= 11 is 0. The molecule has 6 nitrogen and oxygen atoms in total. The number of anilines is 1. The minimum Gasteiger partial charge on any atom is -0.356 e. The highest BCUT2D eigenvalue weighted by molar-refractivity contribution is 5.99. The topological polar surface area (TPSA) is 52.6 Å². The van der Waals surface area contributed by atoms with Crippen LogP contribution in [0.2, 0.25) is 0 Å². The van der Waals surface area contributed by atoms with Crippen molar-refractivity contribution in [3.63, 3.8) is 0 Å². The molecule has 31 heavy (non-hydrogen) atoms. The molecule has 0 unspecified atom stereocenters. The lowest BCUT2D eigenvalue weighted by molar-refractivity contribution is 0.0696. The Labute approximate surface area is 186 Å². The van der Waals surface area contributed by atoms with Crippen molar-refractivity contribution in [3.05, 3.63) is 42.1 Å². The predicted molar refractivity (Wildman–Crippen MR) is 125 cm³/mol. The lowest BCUT2D eigenvalue weighted by atomic mass is 9.94. The number of rotatable bonds is 5. The van der Waals surface area contributed by atoms with Gasteiger partial charge in [0.25, 0.3) is 5.91 Å². The van der Waals surface area contributed by atoms with Crippen molar-refractivity contribution in [1.29, 1.82) is 0 Å². The van der Waals surface area contributed by atoms with Gasteiger partial charge in [-0.05, 0) is 45.8 Å². The standard InChI is InChI=1S/C25H35N5O/c1-28-16-14-21(15-17-28)29(2)24-22(25(31)30(3)20-12-8-5-9-13-20)18-26-23(27-24)19-10-6-4-7-11-19/h4,6-7,10-11,18,20-21H,5,8-9,12-17H2,1-3H3. The lowest BCUT2D eigenvalue weighted by Crippen LogP contribution is -2.44. The van der Waals surface area contributed by atoms with Crippen LogP contribution in [-0.2, 0) is 0 Å². The van der Waals surface area contributed by atoms with E-state index in [1.807, 2.05) is 42.3 Å². The number of benzene rings is 1. The molecular formula is C25H35N5O. The molecule has 0 bridgehead atoms. The van der Waals surface area contributed by atoms with E-state index in [0.717, 1.165) is 50.2 Å². The number of piperidine rings is 1. The molecule has 1 aromatic carbocycles. The average Bonchev–Trinajstić information content (AvgIpc) is 2.84. The van der Waals surface area contributed by atoms with Gasteiger partial charge in [-0.1, -0.05) is 49.6 Å². The van der Waals surface area contributed by atoms with E-state index in [2.05, 4.69) is 28.9 Å². The second kappa shape index (κ2) is 9.77. The SMILES string of the molecule is CN1CCC(N(C)c2nc(-c3ccccc3)ncc2C(=O)N(C)C2CCCCC2)CC1. The van der Waals surface area contributed by atoms with Gasteiger partial charge in [0.2, 0.25) is 0 Å². The molecule has 6 heteroatoms. The fourth-order valence-electron chi connectivity index (χ4n) is 4.90. The molecular weight excluding hydrogens is 386 g/mol. The number of nitrogens with zero attached hydrogens (tertiary/aromatic N) is 5. The second-order valence-corrected chi connectivity index (χ2v) is 9.15. The molecule has 2 aliphatic rings. The maximum absolute atomic E-state index is 13.6. The summed E-state index contributed by atoms with van der Waals surface area (Å²) in [5.74, 6) is 1.48. The van der Waals surface area contributed by atoms with Crippen molar-refractivity contribution in [2.24, 2.45) is 0 Å². The highest BCUT2D eigenvalue weighted by Gasteiger charge is 2.29. The summed E-state index contributed by atoms with van der Waals surface area (Å²) in [5, 5.41) is 0. The van der Waals surface area contributed by atoms with Gasteiger partial charge in [0.15, 0.2) is 5.82 Å². The van der Waals surface area contributed by atoms with Gasteiger partial charge in [-0.25, -0.2) is 9.97 Å². The highest BCUT2D eigenvalue weighted by atomic mass is 16.2. The Morgan fingerprint density at radius 2 is 1.65 bits per heavy atom. The van der Waals surface area contributed by atoms with Crippen LogP contribution in [0.25, 0.3) is 11.4 Å². The van der Waals surface area contributed by atoms with Gasteiger partial charge in [0.1, 0.15) is 11.4 Å². The first-order valence-electron chi connectivity index (χ1n) is 11.7. The third-order valence-corrected chi connectivity index (χ3v) is 7.04. The molecule has 1 aliphatic heterocycles. The number of amides is 1. The number of likely N-dealkylation sites (tertiary alicyclic amines) is 1. The Morgan fingerprint density at radius 1 is 0.968 bits per heavy atom. The number of carbonyl (C=O) groups excluding carboxylic acids is 1. The van der Waals surface area contributed by atoms with E-state index in [0.29, 0.717) is 23.5 Å². The molecule has 166 valence electrons. The first kappa shape index (κ1) is 21.8. The van der Waals surface area contributed by atoms with Crippen molar-refractivity contribution in [1.82, 2.24) is 19.8 Å². The largest absolute Gasteiger partial charge is 0.356 e. The van der Waals surface area contributed by atoms with Gasteiger partial charge in [0, 0.05) is 37.9 Å². The first-order valence-corrected chi connectivity index (χ1v) is 11.7. The van der Waals surface area contributed by atoms with E-state index in [9.17, 15) is 4.79 Å². The van der Waals surface area contributed by atoms with Gasteiger partial charge in [-0.3, -0.25) is 4.79 Å². The van der Waals surface area contributed by atoms with E-state index < -0.39 is 0 Å². The smallest absolute Gasteiger partial charge is 0.259 e. The summed E-state index contributed by atoms with van der Waals surface area (Å²) in [6.07, 6.45) is 9.75. The zero-order valence-corrected chi connectivity index (χ0v) is 19.1. The Morgan fingerprint density at radius 3 is 2.32 bits per heavy atom.